The van der Waals surface area contributed by atoms with Crippen molar-refractivity contribution >= 4 is 5.95 Å². The van der Waals surface area contributed by atoms with Gasteiger partial charge in [-0.25, -0.2) is 0 Å². The van der Waals surface area contributed by atoms with E-state index in [1.165, 1.54) is 12.4 Å². The van der Waals surface area contributed by atoms with E-state index in [1.54, 1.807) is 0 Å². The summed E-state index contributed by atoms with van der Waals surface area (Å²) in [5, 5.41) is 38.7. The van der Waals surface area contributed by atoms with Crippen LogP contribution in [0, 0.1) is 10.1 Å². The number of imidazole rings is 1. The molecule has 9 heteroatoms. The van der Waals surface area contributed by atoms with Crippen molar-refractivity contribution in [2.75, 3.05) is 6.61 Å². The second-order valence-electron chi connectivity index (χ2n) is 3.62. The van der Waals surface area contributed by atoms with E-state index >= 15 is 0 Å². The lowest BCUT2D eigenvalue weighted by atomic mass is 10.1. The molecule has 0 saturated carbocycles. The smallest absolute Gasteiger partial charge is 0.394 e. The van der Waals surface area contributed by atoms with Crippen molar-refractivity contribution in [3.8, 4) is 0 Å². The Hall–Kier alpha value is -1.55. The van der Waals surface area contributed by atoms with Gasteiger partial charge in [0.2, 0.25) is 6.23 Å². The Balaban J connectivity index is 2.29. The number of rotatable bonds is 3. The molecule has 1 saturated heterocycles. The van der Waals surface area contributed by atoms with E-state index in [1.807, 2.05) is 0 Å². The molecule has 0 unspecified atom stereocenters. The molecule has 1 aliphatic rings. The van der Waals surface area contributed by atoms with Gasteiger partial charge in [0, 0.05) is 0 Å². The van der Waals surface area contributed by atoms with Crippen molar-refractivity contribution in [2.45, 2.75) is 24.5 Å². The van der Waals surface area contributed by atoms with Gasteiger partial charge in [-0.2, -0.15) is 4.57 Å². The first-order chi connectivity index (χ1) is 8.06. The average Bonchev–Trinajstić information content (AvgIpc) is 2.86. The average molecular weight is 245 g/mol. The van der Waals surface area contributed by atoms with Crippen LogP contribution in [0.5, 0.6) is 0 Å². The number of nitro groups is 1. The van der Waals surface area contributed by atoms with Crippen LogP contribution in [0.2, 0.25) is 0 Å². The van der Waals surface area contributed by atoms with Crippen molar-refractivity contribution in [3.63, 3.8) is 0 Å². The summed E-state index contributed by atoms with van der Waals surface area (Å²) in [6.07, 6.45) is -2.32. The van der Waals surface area contributed by atoms with Gasteiger partial charge in [0.05, 0.1) is 6.61 Å². The van der Waals surface area contributed by atoms with Crippen molar-refractivity contribution < 1.29 is 25.0 Å². The molecule has 1 aliphatic heterocycles. The topological polar surface area (TPSA) is 131 Å². The highest BCUT2D eigenvalue weighted by Crippen LogP contribution is 2.31. The second kappa shape index (κ2) is 4.37. The van der Waals surface area contributed by atoms with E-state index in [0.717, 1.165) is 4.57 Å². The van der Waals surface area contributed by atoms with Crippen molar-refractivity contribution in [1.29, 1.82) is 0 Å². The summed E-state index contributed by atoms with van der Waals surface area (Å²) < 4.78 is 6.14. The molecular weight excluding hydrogens is 234 g/mol. The van der Waals surface area contributed by atoms with Crippen LogP contribution in [0.1, 0.15) is 6.23 Å². The van der Waals surface area contributed by atoms with Crippen LogP contribution in [-0.4, -0.2) is 54.7 Å². The maximum atomic E-state index is 10.7. The third-order valence-electron chi connectivity index (χ3n) is 2.60. The first-order valence-corrected chi connectivity index (χ1v) is 4.86. The van der Waals surface area contributed by atoms with E-state index < -0.39 is 42.0 Å². The second-order valence-corrected chi connectivity index (χ2v) is 3.62. The van der Waals surface area contributed by atoms with Crippen molar-refractivity contribution in [2.24, 2.45) is 0 Å². The third kappa shape index (κ3) is 1.89. The van der Waals surface area contributed by atoms with E-state index in [0.29, 0.717) is 0 Å². The highest BCUT2D eigenvalue weighted by molar-refractivity contribution is 5.09. The fraction of sp³-hybridized carbons (Fsp3) is 0.625. The Labute approximate surface area is 95.0 Å². The lowest BCUT2D eigenvalue weighted by Crippen LogP contribution is -2.33. The van der Waals surface area contributed by atoms with Crippen molar-refractivity contribution in [1.82, 2.24) is 9.55 Å². The Kier molecular flexibility index (Phi) is 3.07. The zero-order valence-corrected chi connectivity index (χ0v) is 8.58. The number of ether oxygens (including phenoxy) is 1. The zero-order valence-electron chi connectivity index (χ0n) is 8.58. The predicted molar refractivity (Wildman–Crippen MR) is 51.9 cm³/mol. The Morgan fingerprint density at radius 1 is 1.53 bits per heavy atom. The highest BCUT2D eigenvalue weighted by atomic mass is 16.6. The molecule has 9 nitrogen and oxygen atoms in total. The molecule has 94 valence electrons. The van der Waals surface area contributed by atoms with Crippen LogP contribution in [0.3, 0.4) is 0 Å². The minimum Gasteiger partial charge on any atom is -0.394 e. The van der Waals surface area contributed by atoms with Crippen LogP contribution in [0.25, 0.3) is 0 Å². The molecule has 1 aromatic heterocycles. The maximum Gasteiger partial charge on any atom is 0.436 e. The molecule has 0 aromatic carbocycles. The monoisotopic (exact) mass is 245 g/mol. The van der Waals surface area contributed by atoms with Gasteiger partial charge in [0.1, 0.15) is 30.7 Å². The summed E-state index contributed by atoms with van der Waals surface area (Å²) in [4.78, 5) is 13.4. The Morgan fingerprint density at radius 3 is 2.76 bits per heavy atom. The lowest BCUT2D eigenvalue weighted by molar-refractivity contribution is -0.398. The number of nitrogens with zero attached hydrogens (tertiary/aromatic N) is 3. The molecule has 0 bridgehead atoms. The molecule has 1 fully saturated rings. The standard InChI is InChI=1S/C8H11N3O6/c12-3-4-5(13)6(14)7(17-4)10-2-1-9-8(10)11(15)16/h1-2,4-7,12-14H,3H2/t4-,5-,6+,7+/m1/s1. The fourth-order valence-electron chi connectivity index (χ4n) is 1.76. The van der Waals surface area contributed by atoms with E-state index in [4.69, 9.17) is 9.84 Å². The van der Waals surface area contributed by atoms with E-state index in [-0.39, 0.29) is 0 Å². The van der Waals surface area contributed by atoms with Gasteiger partial charge in [0.25, 0.3) is 0 Å². The SMILES string of the molecule is O=[N+]([O-])c1nccn1[C@H]1O[C@H](CO)[C@@H](O)[C@@H]1O. The van der Waals surface area contributed by atoms with Crippen LogP contribution < -0.4 is 0 Å². The van der Waals surface area contributed by atoms with Gasteiger partial charge in [-0.3, -0.25) is 0 Å². The molecule has 2 heterocycles. The molecule has 17 heavy (non-hydrogen) atoms. The fourth-order valence-corrected chi connectivity index (χ4v) is 1.76. The van der Waals surface area contributed by atoms with Crippen LogP contribution in [0.4, 0.5) is 5.95 Å². The minimum absolute atomic E-state index is 0.489. The summed E-state index contributed by atoms with van der Waals surface area (Å²) >= 11 is 0. The first-order valence-electron chi connectivity index (χ1n) is 4.86. The summed E-state index contributed by atoms with van der Waals surface area (Å²) in [7, 11) is 0. The van der Waals surface area contributed by atoms with Gasteiger partial charge in [-0.15, -0.1) is 0 Å². The quantitative estimate of drug-likeness (QED) is 0.431. The zero-order chi connectivity index (χ0) is 12.6. The summed E-state index contributed by atoms with van der Waals surface area (Å²) in [5.74, 6) is -0.500. The largest absolute Gasteiger partial charge is 0.436 e. The molecule has 4 atom stereocenters. The number of aromatic nitrogens is 2. The van der Waals surface area contributed by atoms with E-state index in [9.17, 15) is 20.3 Å². The van der Waals surface area contributed by atoms with Gasteiger partial charge in [-0.1, -0.05) is 4.98 Å². The summed E-state index contributed by atoms with van der Waals surface area (Å²) in [6, 6.07) is 0. The van der Waals surface area contributed by atoms with Crippen molar-refractivity contribution in [3.05, 3.63) is 22.5 Å². The van der Waals surface area contributed by atoms with Gasteiger partial charge in [-0.05, 0) is 4.92 Å². The van der Waals surface area contributed by atoms with Gasteiger partial charge < -0.3 is 30.2 Å². The molecule has 0 aliphatic carbocycles. The molecule has 1 aromatic rings. The molecule has 0 spiro atoms. The Bertz CT molecular complexity index is 421. The molecule has 0 amide bonds. The first kappa shape index (κ1) is 11.9. The number of hydrogen-bond donors (Lipinski definition) is 3. The molecule has 0 radical (unpaired) electrons. The highest BCUT2D eigenvalue weighted by Gasteiger charge is 2.46. The number of hydrogen-bond acceptors (Lipinski definition) is 7. The Morgan fingerprint density at radius 2 is 2.24 bits per heavy atom. The van der Waals surface area contributed by atoms with Crippen LogP contribution in [-0.2, 0) is 4.74 Å². The molecule has 2 rings (SSSR count). The molecule has 3 N–H and O–H groups in total. The van der Waals surface area contributed by atoms with E-state index in [2.05, 4.69) is 4.98 Å². The predicted octanol–water partition coefficient (Wildman–Crippen LogP) is -1.60. The number of aliphatic hydroxyl groups is 3. The normalized spacial score (nSPS) is 32.9. The van der Waals surface area contributed by atoms with Gasteiger partial charge >= 0.3 is 5.95 Å². The van der Waals surface area contributed by atoms with Crippen LogP contribution in [0.15, 0.2) is 12.4 Å². The maximum absolute atomic E-state index is 10.7. The summed E-state index contributed by atoms with van der Waals surface area (Å²) in [5.41, 5.74) is 0. The minimum atomic E-state index is -1.36. The van der Waals surface area contributed by atoms with Crippen LogP contribution >= 0.6 is 0 Å². The van der Waals surface area contributed by atoms with Gasteiger partial charge in [0.15, 0.2) is 0 Å². The summed E-state index contributed by atoms with van der Waals surface area (Å²) in [6.45, 7) is -0.489. The third-order valence-corrected chi connectivity index (χ3v) is 2.60. The molecular formula is C8H11N3O6. The number of aliphatic hydroxyl groups excluding tert-OH is 3. The lowest BCUT2D eigenvalue weighted by Gasteiger charge is -2.13.